The maximum Gasteiger partial charge on any atom is 0.133 e. The first kappa shape index (κ1) is 16.2. The van der Waals surface area contributed by atoms with Crippen LogP contribution in [0.4, 0.5) is 5.69 Å². The Balaban J connectivity index is 2.03. The second-order valence-electron chi connectivity index (χ2n) is 4.88. The van der Waals surface area contributed by atoms with Crippen LogP contribution in [-0.2, 0) is 6.54 Å². The van der Waals surface area contributed by atoms with Crippen molar-refractivity contribution in [3.05, 3.63) is 57.0 Å². The topological polar surface area (TPSA) is 21.3 Å². The van der Waals surface area contributed by atoms with Crippen molar-refractivity contribution in [2.24, 2.45) is 0 Å². The van der Waals surface area contributed by atoms with Crippen LogP contribution in [0.5, 0.6) is 5.75 Å². The fourth-order valence-electron chi connectivity index (χ4n) is 1.98. The average Bonchev–Trinajstić information content (AvgIpc) is 2.48. The molecule has 2 nitrogen and oxygen atoms in total. The lowest BCUT2D eigenvalue weighted by molar-refractivity contribution is 0.315. The van der Waals surface area contributed by atoms with E-state index in [0.29, 0.717) is 0 Å². The number of halogens is 2. The third-order valence-corrected chi connectivity index (χ3v) is 4.24. The zero-order valence-electron chi connectivity index (χ0n) is 12.2. The highest BCUT2D eigenvalue weighted by atomic mass is 79.9. The van der Waals surface area contributed by atoms with Gasteiger partial charge >= 0.3 is 0 Å². The molecule has 21 heavy (non-hydrogen) atoms. The van der Waals surface area contributed by atoms with Gasteiger partial charge in [-0.25, -0.2) is 0 Å². The van der Waals surface area contributed by atoms with Crippen molar-refractivity contribution in [1.29, 1.82) is 0 Å². The monoisotopic (exact) mass is 367 g/mol. The van der Waals surface area contributed by atoms with Crippen LogP contribution in [0, 0.1) is 6.92 Å². The standard InChI is InChI=1S/C17H19BrClNO/c1-3-9-21-17-8-7-13(10-14(17)18)11-20-16-6-4-5-15(19)12(16)2/h4-8,10,20H,3,9,11H2,1-2H3. The summed E-state index contributed by atoms with van der Waals surface area (Å²) in [6.45, 7) is 5.59. The molecule has 0 heterocycles. The molecule has 112 valence electrons. The third kappa shape index (κ3) is 4.39. The molecule has 0 atom stereocenters. The van der Waals surface area contributed by atoms with Crippen molar-refractivity contribution in [1.82, 2.24) is 0 Å². The number of rotatable bonds is 6. The van der Waals surface area contributed by atoms with Crippen molar-refractivity contribution >= 4 is 33.2 Å². The van der Waals surface area contributed by atoms with Gasteiger partial charge in [0.05, 0.1) is 11.1 Å². The highest BCUT2D eigenvalue weighted by molar-refractivity contribution is 9.10. The molecule has 0 amide bonds. The lowest BCUT2D eigenvalue weighted by atomic mass is 10.1. The van der Waals surface area contributed by atoms with Crippen LogP contribution in [0.25, 0.3) is 0 Å². The minimum atomic E-state index is 0.734. The van der Waals surface area contributed by atoms with Gasteiger partial charge in [-0.15, -0.1) is 0 Å². The molecule has 0 bridgehead atoms. The Labute approximate surface area is 139 Å². The first-order valence-electron chi connectivity index (χ1n) is 7.02. The van der Waals surface area contributed by atoms with E-state index in [-0.39, 0.29) is 0 Å². The van der Waals surface area contributed by atoms with E-state index >= 15 is 0 Å². The molecule has 0 fully saturated rings. The molecular weight excluding hydrogens is 350 g/mol. The molecule has 0 radical (unpaired) electrons. The molecular formula is C17H19BrClNO. The highest BCUT2D eigenvalue weighted by Crippen LogP contribution is 2.27. The van der Waals surface area contributed by atoms with Gasteiger partial charge in [0.1, 0.15) is 5.75 Å². The second kappa shape index (κ2) is 7.71. The van der Waals surface area contributed by atoms with Crippen LogP contribution in [0.3, 0.4) is 0 Å². The largest absolute Gasteiger partial charge is 0.492 e. The summed E-state index contributed by atoms with van der Waals surface area (Å²) in [4.78, 5) is 0. The molecule has 0 aromatic heterocycles. The van der Waals surface area contributed by atoms with Crippen LogP contribution < -0.4 is 10.1 Å². The molecule has 0 spiro atoms. The summed E-state index contributed by atoms with van der Waals surface area (Å²) in [5, 5.41) is 4.20. The Morgan fingerprint density at radius 3 is 2.76 bits per heavy atom. The molecule has 0 unspecified atom stereocenters. The van der Waals surface area contributed by atoms with Crippen LogP contribution in [0.1, 0.15) is 24.5 Å². The minimum Gasteiger partial charge on any atom is -0.492 e. The molecule has 0 aliphatic carbocycles. The second-order valence-corrected chi connectivity index (χ2v) is 6.14. The van der Waals surface area contributed by atoms with Crippen molar-refractivity contribution in [2.75, 3.05) is 11.9 Å². The quantitative estimate of drug-likeness (QED) is 0.694. The van der Waals surface area contributed by atoms with Crippen molar-refractivity contribution in [3.8, 4) is 5.75 Å². The number of anilines is 1. The summed E-state index contributed by atoms with van der Waals surface area (Å²) in [6, 6.07) is 12.0. The summed E-state index contributed by atoms with van der Waals surface area (Å²) in [7, 11) is 0. The predicted octanol–water partition coefficient (Wildman–Crippen LogP) is 5.81. The molecule has 2 aromatic carbocycles. The third-order valence-electron chi connectivity index (χ3n) is 3.21. The van der Waals surface area contributed by atoms with Gasteiger partial charge in [0.15, 0.2) is 0 Å². The molecule has 2 rings (SSSR count). The van der Waals surface area contributed by atoms with E-state index in [4.69, 9.17) is 16.3 Å². The van der Waals surface area contributed by atoms with Gasteiger partial charge in [0.25, 0.3) is 0 Å². The van der Waals surface area contributed by atoms with Crippen molar-refractivity contribution in [2.45, 2.75) is 26.8 Å². The Morgan fingerprint density at radius 1 is 1.24 bits per heavy atom. The highest BCUT2D eigenvalue weighted by Gasteiger charge is 2.04. The summed E-state index contributed by atoms with van der Waals surface area (Å²) < 4.78 is 6.64. The van der Waals surface area contributed by atoms with Crippen LogP contribution >= 0.6 is 27.5 Å². The summed E-state index contributed by atoms with van der Waals surface area (Å²) >= 11 is 9.68. The molecule has 0 saturated heterocycles. The zero-order chi connectivity index (χ0) is 15.2. The lowest BCUT2D eigenvalue weighted by Crippen LogP contribution is -2.02. The molecule has 2 aromatic rings. The fraction of sp³-hybridized carbons (Fsp3) is 0.294. The first-order valence-corrected chi connectivity index (χ1v) is 8.19. The number of benzene rings is 2. The fourth-order valence-corrected chi connectivity index (χ4v) is 2.69. The lowest BCUT2D eigenvalue weighted by Gasteiger charge is -2.12. The molecule has 0 aliphatic rings. The van der Waals surface area contributed by atoms with E-state index in [2.05, 4.69) is 40.3 Å². The first-order chi connectivity index (χ1) is 10.1. The smallest absolute Gasteiger partial charge is 0.133 e. The maximum atomic E-state index is 6.13. The van der Waals surface area contributed by atoms with Gasteiger partial charge < -0.3 is 10.1 Å². The summed E-state index contributed by atoms with van der Waals surface area (Å²) in [5.41, 5.74) is 3.32. The van der Waals surface area contributed by atoms with Crippen molar-refractivity contribution < 1.29 is 4.74 Å². The SMILES string of the molecule is CCCOc1ccc(CNc2cccc(Cl)c2C)cc1Br. The molecule has 1 N–H and O–H groups in total. The summed E-state index contributed by atoms with van der Waals surface area (Å²) in [5.74, 6) is 0.888. The van der Waals surface area contributed by atoms with E-state index in [0.717, 1.165) is 46.1 Å². The minimum absolute atomic E-state index is 0.734. The summed E-state index contributed by atoms with van der Waals surface area (Å²) in [6.07, 6.45) is 1.00. The Hall–Kier alpha value is -1.19. The van der Waals surface area contributed by atoms with Gasteiger partial charge in [-0.2, -0.15) is 0 Å². The number of hydrogen-bond donors (Lipinski definition) is 1. The molecule has 0 aliphatic heterocycles. The van der Waals surface area contributed by atoms with Crippen LogP contribution in [0.15, 0.2) is 40.9 Å². The van der Waals surface area contributed by atoms with Gasteiger partial charge in [-0.05, 0) is 64.7 Å². The number of hydrogen-bond acceptors (Lipinski definition) is 2. The maximum absolute atomic E-state index is 6.13. The number of nitrogens with one attached hydrogen (secondary N) is 1. The Morgan fingerprint density at radius 2 is 2.05 bits per heavy atom. The van der Waals surface area contributed by atoms with Gasteiger partial charge in [0.2, 0.25) is 0 Å². The van der Waals surface area contributed by atoms with E-state index in [1.165, 1.54) is 5.56 Å². The van der Waals surface area contributed by atoms with E-state index in [1.807, 2.05) is 31.2 Å². The zero-order valence-corrected chi connectivity index (χ0v) is 14.6. The van der Waals surface area contributed by atoms with E-state index < -0.39 is 0 Å². The predicted molar refractivity (Wildman–Crippen MR) is 93.4 cm³/mol. The van der Waals surface area contributed by atoms with Gasteiger partial charge in [0, 0.05) is 17.3 Å². The van der Waals surface area contributed by atoms with Crippen LogP contribution in [-0.4, -0.2) is 6.61 Å². The van der Waals surface area contributed by atoms with Crippen molar-refractivity contribution in [3.63, 3.8) is 0 Å². The average molecular weight is 369 g/mol. The molecule has 0 saturated carbocycles. The van der Waals surface area contributed by atoms with Gasteiger partial charge in [-0.3, -0.25) is 0 Å². The normalized spacial score (nSPS) is 10.5. The number of ether oxygens (including phenoxy) is 1. The van der Waals surface area contributed by atoms with Gasteiger partial charge in [-0.1, -0.05) is 30.7 Å². The Bertz CT molecular complexity index is 616. The van der Waals surface area contributed by atoms with E-state index in [1.54, 1.807) is 0 Å². The Kier molecular flexibility index (Phi) is 5.95. The molecule has 4 heteroatoms. The van der Waals surface area contributed by atoms with E-state index in [9.17, 15) is 0 Å². The van der Waals surface area contributed by atoms with Crippen LogP contribution in [0.2, 0.25) is 5.02 Å².